The van der Waals surface area contributed by atoms with Gasteiger partial charge in [-0.3, -0.25) is 4.90 Å². The van der Waals surface area contributed by atoms with Crippen molar-refractivity contribution in [3.63, 3.8) is 0 Å². The average molecular weight is 221 g/mol. The van der Waals surface area contributed by atoms with E-state index in [2.05, 4.69) is 33.8 Å². The van der Waals surface area contributed by atoms with Crippen LogP contribution >= 0.6 is 0 Å². The van der Waals surface area contributed by atoms with Gasteiger partial charge in [-0.05, 0) is 18.6 Å². The van der Waals surface area contributed by atoms with Crippen molar-refractivity contribution in [2.75, 3.05) is 44.2 Å². The first kappa shape index (κ1) is 11.4. The molecule has 0 aliphatic carbocycles. The highest BCUT2D eigenvalue weighted by atomic mass is 16.3. The summed E-state index contributed by atoms with van der Waals surface area (Å²) in [6, 6.07) is 4.18. The van der Waals surface area contributed by atoms with Gasteiger partial charge >= 0.3 is 0 Å². The molecule has 0 bridgehead atoms. The standard InChI is InChI=1S/C12H19N3O/c1-11-2-3-12(13-10-11)15-6-4-14(5-7-15)8-9-16/h2-3,10,16H,4-9H2,1H3. The summed E-state index contributed by atoms with van der Waals surface area (Å²) in [7, 11) is 0. The van der Waals surface area contributed by atoms with Crippen molar-refractivity contribution in [3.8, 4) is 0 Å². The topological polar surface area (TPSA) is 39.6 Å². The first-order chi connectivity index (χ1) is 7.79. The Kier molecular flexibility index (Phi) is 3.74. The fourth-order valence-electron chi connectivity index (χ4n) is 1.99. The maximum absolute atomic E-state index is 8.86. The van der Waals surface area contributed by atoms with E-state index in [1.807, 2.05) is 6.20 Å². The molecule has 1 aliphatic rings. The summed E-state index contributed by atoms with van der Waals surface area (Å²) in [5.41, 5.74) is 1.20. The normalized spacial score (nSPS) is 17.8. The summed E-state index contributed by atoms with van der Waals surface area (Å²) in [5.74, 6) is 1.06. The van der Waals surface area contributed by atoms with E-state index in [0.717, 1.165) is 38.5 Å². The van der Waals surface area contributed by atoms with Crippen molar-refractivity contribution >= 4 is 5.82 Å². The van der Waals surface area contributed by atoms with Crippen LogP contribution in [0.1, 0.15) is 5.56 Å². The number of rotatable bonds is 3. The van der Waals surface area contributed by atoms with Crippen LogP contribution in [0.4, 0.5) is 5.82 Å². The van der Waals surface area contributed by atoms with E-state index in [1.165, 1.54) is 5.56 Å². The molecule has 88 valence electrons. The van der Waals surface area contributed by atoms with Crippen LogP contribution in [-0.2, 0) is 0 Å². The second kappa shape index (κ2) is 5.27. The molecule has 2 heterocycles. The van der Waals surface area contributed by atoms with Gasteiger partial charge in [-0.15, -0.1) is 0 Å². The molecule has 0 spiro atoms. The number of aliphatic hydroxyl groups excluding tert-OH is 1. The van der Waals surface area contributed by atoms with E-state index in [4.69, 9.17) is 5.11 Å². The minimum absolute atomic E-state index is 0.253. The molecule has 4 nitrogen and oxygen atoms in total. The summed E-state index contributed by atoms with van der Waals surface area (Å²) >= 11 is 0. The van der Waals surface area contributed by atoms with E-state index in [-0.39, 0.29) is 6.61 Å². The Morgan fingerprint density at radius 1 is 1.25 bits per heavy atom. The second-order valence-electron chi connectivity index (χ2n) is 4.25. The number of pyridine rings is 1. The summed E-state index contributed by atoms with van der Waals surface area (Å²) < 4.78 is 0. The predicted octanol–water partition coefficient (Wildman–Crippen LogP) is 0.504. The number of β-amino-alcohol motifs (C(OH)–C–C–N with tert-alkyl or cyclic N) is 1. The fraction of sp³-hybridized carbons (Fsp3) is 0.583. The van der Waals surface area contributed by atoms with Crippen LogP contribution in [0.5, 0.6) is 0 Å². The van der Waals surface area contributed by atoms with Gasteiger partial charge in [-0.2, -0.15) is 0 Å². The van der Waals surface area contributed by atoms with Crippen molar-refractivity contribution in [1.29, 1.82) is 0 Å². The molecule has 1 fully saturated rings. The Morgan fingerprint density at radius 2 is 2.00 bits per heavy atom. The largest absolute Gasteiger partial charge is 0.395 e. The first-order valence-corrected chi connectivity index (χ1v) is 5.80. The predicted molar refractivity (Wildman–Crippen MR) is 64.7 cm³/mol. The molecule has 1 aromatic heterocycles. The number of nitrogens with zero attached hydrogens (tertiary/aromatic N) is 3. The number of aromatic nitrogens is 1. The lowest BCUT2D eigenvalue weighted by Gasteiger charge is -2.35. The smallest absolute Gasteiger partial charge is 0.128 e. The lowest BCUT2D eigenvalue weighted by atomic mass is 10.2. The molecule has 1 N–H and O–H groups in total. The van der Waals surface area contributed by atoms with Gasteiger partial charge < -0.3 is 10.0 Å². The molecule has 1 saturated heterocycles. The van der Waals surface area contributed by atoms with Gasteiger partial charge in [-0.1, -0.05) is 6.07 Å². The maximum atomic E-state index is 8.86. The van der Waals surface area contributed by atoms with Crippen molar-refractivity contribution < 1.29 is 5.11 Å². The minimum Gasteiger partial charge on any atom is -0.395 e. The number of aliphatic hydroxyl groups is 1. The molecular weight excluding hydrogens is 202 g/mol. The van der Waals surface area contributed by atoms with Crippen molar-refractivity contribution in [2.24, 2.45) is 0 Å². The number of hydrogen-bond acceptors (Lipinski definition) is 4. The molecule has 1 aliphatic heterocycles. The fourth-order valence-corrected chi connectivity index (χ4v) is 1.99. The molecule has 2 rings (SSSR count). The zero-order valence-electron chi connectivity index (χ0n) is 9.76. The van der Waals surface area contributed by atoms with Crippen LogP contribution in [-0.4, -0.2) is 54.3 Å². The Hall–Kier alpha value is -1.13. The number of hydrogen-bond donors (Lipinski definition) is 1. The summed E-state index contributed by atoms with van der Waals surface area (Å²) in [6.45, 7) is 7.10. The SMILES string of the molecule is Cc1ccc(N2CCN(CCO)CC2)nc1. The van der Waals surface area contributed by atoms with Gasteiger partial charge in [0.1, 0.15) is 5.82 Å². The lowest BCUT2D eigenvalue weighted by molar-refractivity contribution is 0.188. The maximum Gasteiger partial charge on any atom is 0.128 e. The molecule has 0 unspecified atom stereocenters. The minimum atomic E-state index is 0.253. The highest BCUT2D eigenvalue weighted by Gasteiger charge is 2.16. The Balaban J connectivity index is 1.91. The van der Waals surface area contributed by atoms with Crippen LogP contribution in [0.25, 0.3) is 0 Å². The highest BCUT2D eigenvalue weighted by Crippen LogP contribution is 2.13. The quantitative estimate of drug-likeness (QED) is 0.807. The van der Waals surface area contributed by atoms with Crippen LogP contribution < -0.4 is 4.90 Å². The van der Waals surface area contributed by atoms with E-state index < -0.39 is 0 Å². The van der Waals surface area contributed by atoms with Crippen molar-refractivity contribution in [2.45, 2.75) is 6.92 Å². The van der Waals surface area contributed by atoms with Crippen LogP contribution in [0, 0.1) is 6.92 Å². The average Bonchev–Trinajstić information content (AvgIpc) is 2.32. The Labute approximate surface area is 96.5 Å². The lowest BCUT2D eigenvalue weighted by Crippen LogP contribution is -2.47. The number of aryl methyl sites for hydroxylation is 1. The van der Waals surface area contributed by atoms with Gasteiger partial charge in [0, 0.05) is 38.9 Å². The monoisotopic (exact) mass is 221 g/mol. The van der Waals surface area contributed by atoms with E-state index >= 15 is 0 Å². The van der Waals surface area contributed by atoms with Crippen LogP contribution in [0.15, 0.2) is 18.3 Å². The van der Waals surface area contributed by atoms with Crippen molar-refractivity contribution in [3.05, 3.63) is 23.9 Å². The van der Waals surface area contributed by atoms with Gasteiger partial charge in [0.2, 0.25) is 0 Å². The molecule has 16 heavy (non-hydrogen) atoms. The third-order valence-corrected chi connectivity index (χ3v) is 3.01. The van der Waals surface area contributed by atoms with Crippen LogP contribution in [0.3, 0.4) is 0 Å². The molecule has 0 radical (unpaired) electrons. The summed E-state index contributed by atoms with van der Waals surface area (Å²) in [5, 5.41) is 8.86. The van der Waals surface area contributed by atoms with E-state index in [1.54, 1.807) is 0 Å². The highest BCUT2D eigenvalue weighted by molar-refractivity contribution is 5.39. The molecule has 0 amide bonds. The van der Waals surface area contributed by atoms with E-state index in [9.17, 15) is 0 Å². The zero-order valence-corrected chi connectivity index (χ0v) is 9.76. The number of anilines is 1. The molecular formula is C12H19N3O. The molecule has 0 atom stereocenters. The molecule has 1 aromatic rings. The van der Waals surface area contributed by atoms with Crippen molar-refractivity contribution in [1.82, 2.24) is 9.88 Å². The van der Waals surface area contributed by atoms with Crippen LogP contribution in [0.2, 0.25) is 0 Å². The second-order valence-corrected chi connectivity index (χ2v) is 4.25. The molecule has 4 heteroatoms. The Bertz CT molecular complexity index is 318. The molecule has 0 saturated carbocycles. The van der Waals surface area contributed by atoms with Gasteiger partial charge in [0.15, 0.2) is 0 Å². The van der Waals surface area contributed by atoms with E-state index in [0.29, 0.717) is 0 Å². The van der Waals surface area contributed by atoms with Gasteiger partial charge in [-0.25, -0.2) is 4.98 Å². The van der Waals surface area contributed by atoms with Gasteiger partial charge in [0.05, 0.1) is 6.61 Å². The zero-order chi connectivity index (χ0) is 11.4. The summed E-state index contributed by atoms with van der Waals surface area (Å²) in [4.78, 5) is 9.01. The first-order valence-electron chi connectivity index (χ1n) is 5.80. The number of piperazine rings is 1. The molecule has 0 aromatic carbocycles. The third-order valence-electron chi connectivity index (χ3n) is 3.01. The van der Waals surface area contributed by atoms with Gasteiger partial charge in [0.25, 0.3) is 0 Å². The third kappa shape index (κ3) is 2.71. The summed E-state index contributed by atoms with van der Waals surface area (Å²) in [6.07, 6.45) is 1.91. The Morgan fingerprint density at radius 3 is 2.56 bits per heavy atom.